The third kappa shape index (κ3) is 67.1. The van der Waals surface area contributed by atoms with Crippen molar-refractivity contribution >= 4 is 17.9 Å². The first kappa shape index (κ1) is 78.3. The van der Waals surface area contributed by atoms with Gasteiger partial charge < -0.3 is 14.2 Å². The maximum atomic E-state index is 12.9. The normalized spacial score (nSPS) is 12.7. The Hall–Kier alpha value is -3.67. The second-order valence-electron chi connectivity index (χ2n) is 23.4. The van der Waals surface area contributed by atoms with Crippen molar-refractivity contribution in [2.24, 2.45) is 0 Å². The van der Waals surface area contributed by atoms with Gasteiger partial charge in [0, 0.05) is 19.3 Å². The Labute approximate surface area is 508 Å². The number of hydrogen-bond acceptors (Lipinski definition) is 6. The van der Waals surface area contributed by atoms with Gasteiger partial charge in [-0.25, -0.2) is 0 Å². The number of ether oxygens (including phenoxy) is 3. The Morgan fingerprint density at radius 3 is 0.793 bits per heavy atom. The molecular weight excluding hydrogens is 1010 g/mol. The molecule has 0 N–H and O–H groups in total. The van der Waals surface area contributed by atoms with Crippen LogP contribution in [-0.4, -0.2) is 37.2 Å². The molecule has 0 saturated heterocycles. The molecule has 0 spiro atoms. The van der Waals surface area contributed by atoms with Crippen molar-refractivity contribution in [3.05, 3.63) is 97.2 Å². The van der Waals surface area contributed by atoms with Crippen molar-refractivity contribution in [3.63, 3.8) is 0 Å². The van der Waals surface area contributed by atoms with E-state index in [2.05, 4.69) is 118 Å². The van der Waals surface area contributed by atoms with Crippen LogP contribution in [0.4, 0.5) is 0 Å². The zero-order chi connectivity index (χ0) is 59.2. The van der Waals surface area contributed by atoms with Crippen molar-refractivity contribution in [1.29, 1.82) is 0 Å². The van der Waals surface area contributed by atoms with E-state index in [1.165, 1.54) is 186 Å². The summed E-state index contributed by atoms with van der Waals surface area (Å²) in [5, 5.41) is 0. The van der Waals surface area contributed by atoms with E-state index in [0.717, 1.165) is 122 Å². The van der Waals surface area contributed by atoms with Crippen LogP contribution in [0, 0.1) is 0 Å². The monoisotopic (exact) mass is 1140 g/mol. The van der Waals surface area contributed by atoms with E-state index < -0.39 is 6.10 Å². The summed E-state index contributed by atoms with van der Waals surface area (Å²) < 4.78 is 16.9. The van der Waals surface area contributed by atoms with Gasteiger partial charge in [-0.1, -0.05) is 311 Å². The van der Waals surface area contributed by atoms with Gasteiger partial charge in [-0.2, -0.15) is 0 Å². The summed E-state index contributed by atoms with van der Waals surface area (Å²) in [6, 6.07) is 0. The van der Waals surface area contributed by atoms with Crippen LogP contribution in [0.5, 0.6) is 0 Å². The Bertz CT molecular complexity index is 1590. The predicted molar refractivity (Wildman–Crippen MR) is 357 cm³/mol. The van der Waals surface area contributed by atoms with Crippen LogP contribution in [0.2, 0.25) is 0 Å². The highest BCUT2D eigenvalue weighted by Crippen LogP contribution is 2.17. The molecule has 0 amide bonds. The van der Waals surface area contributed by atoms with Gasteiger partial charge in [-0.05, 0) is 116 Å². The molecule has 82 heavy (non-hydrogen) atoms. The molecule has 0 aliphatic heterocycles. The average Bonchev–Trinajstić information content (AvgIpc) is 3.47. The molecule has 0 heterocycles. The van der Waals surface area contributed by atoms with E-state index in [4.69, 9.17) is 14.2 Å². The number of unbranched alkanes of at least 4 members (excludes halogenated alkanes) is 37. The SMILES string of the molecule is CC/C=C\C/C=C\C/C=C\C/C=C\CCCCCCCCCCCCCCCCCCCCCCC(=O)OCC(COC(=O)CCCCCCC/C=C\C/C=C\CCC)OC(=O)CCCCCCCCC/C=C\C/C=C\CCCCCC. The zero-order valence-corrected chi connectivity index (χ0v) is 54.2. The molecule has 0 radical (unpaired) electrons. The highest BCUT2D eigenvalue weighted by atomic mass is 16.6. The highest BCUT2D eigenvalue weighted by molar-refractivity contribution is 5.71. The van der Waals surface area contributed by atoms with Crippen molar-refractivity contribution in [2.75, 3.05) is 13.2 Å². The van der Waals surface area contributed by atoms with Crippen molar-refractivity contribution in [3.8, 4) is 0 Å². The Morgan fingerprint density at radius 1 is 0.256 bits per heavy atom. The standard InChI is InChI=1S/C76H132O6/c1-4-7-10-13-16-19-22-25-27-29-31-32-33-34-35-36-37-38-39-40-41-42-43-44-45-47-48-51-54-57-60-63-66-69-75(78)81-72-73(71-80-74(77)68-65-62-59-56-53-50-24-21-18-15-12-9-6-3)82-76(79)70-67-64-61-58-55-52-49-46-30-28-26-23-20-17-14-11-8-5-2/h7,10,12,15-16,19-21,23-25,27-28,30-32,73H,4-6,8-9,11,13-14,17-18,22,26,29,33-72H2,1-3H3/b10-7-,15-12-,19-16-,23-20-,24-21-,27-25-,30-28-,32-31-. The molecule has 0 aromatic carbocycles. The van der Waals surface area contributed by atoms with Gasteiger partial charge in [0.1, 0.15) is 13.2 Å². The highest BCUT2D eigenvalue weighted by Gasteiger charge is 2.19. The van der Waals surface area contributed by atoms with Crippen molar-refractivity contribution in [1.82, 2.24) is 0 Å². The Balaban J connectivity index is 4.17. The second kappa shape index (κ2) is 69.8. The smallest absolute Gasteiger partial charge is 0.306 e. The summed E-state index contributed by atoms with van der Waals surface area (Å²) in [6.45, 7) is 6.47. The van der Waals surface area contributed by atoms with Crippen LogP contribution < -0.4 is 0 Å². The van der Waals surface area contributed by atoms with E-state index in [-0.39, 0.29) is 31.1 Å². The number of allylic oxidation sites excluding steroid dienone is 16. The number of carbonyl (C=O) groups is 3. The molecule has 6 heteroatoms. The molecule has 0 fully saturated rings. The largest absolute Gasteiger partial charge is 0.462 e. The van der Waals surface area contributed by atoms with E-state index in [0.29, 0.717) is 19.3 Å². The fraction of sp³-hybridized carbons (Fsp3) is 0.750. The third-order valence-electron chi connectivity index (χ3n) is 15.3. The summed E-state index contributed by atoms with van der Waals surface area (Å²) in [4.78, 5) is 38.4. The number of hydrogen-bond donors (Lipinski definition) is 0. The van der Waals surface area contributed by atoms with E-state index >= 15 is 0 Å². The molecule has 0 aromatic heterocycles. The summed E-state index contributed by atoms with van der Waals surface area (Å²) >= 11 is 0. The Kier molecular flexibility index (Phi) is 66.7. The fourth-order valence-electron chi connectivity index (χ4n) is 10.0. The van der Waals surface area contributed by atoms with Gasteiger partial charge >= 0.3 is 17.9 Å². The van der Waals surface area contributed by atoms with Gasteiger partial charge in [-0.3, -0.25) is 14.4 Å². The number of rotatable bonds is 64. The van der Waals surface area contributed by atoms with Crippen molar-refractivity contribution in [2.45, 2.75) is 354 Å². The molecule has 1 atom stereocenters. The fourth-order valence-corrected chi connectivity index (χ4v) is 10.0. The van der Waals surface area contributed by atoms with Crippen LogP contribution in [0.1, 0.15) is 348 Å². The molecular formula is C76H132O6. The lowest BCUT2D eigenvalue weighted by atomic mass is 10.0. The molecule has 472 valence electrons. The van der Waals surface area contributed by atoms with E-state index in [1.54, 1.807) is 0 Å². The van der Waals surface area contributed by atoms with Gasteiger partial charge in [-0.15, -0.1) is 0 Å². The number of carbonyl (C=O) groups excluding carboxylic acids is 3. The maximum Gasteiger partial charge on any atom is 0.306 e. The summed E-state index contributed by atoms with van der Waals surface area (Å²) in [5.74, 6) is -0.889. The molecule has 0 aliphatic rings. The first-order chi connectivity index (χ1) is 40.5. The summed E-state index contributed by atoms with van der Waals surface area (Å²) in [7, 11) is 0. The second-order valence-corrected chi connectivity index (χ2v) is 23.4. The first-order valence-corrected chi connectivity index (χ1v) is 35.2. The predicted octanol–water partition coefficient (Wildman–Crippen LogP) is 24.4. The van der Waals surface area contributed by atoms with Crippen LogP contribution in [0.25, 0.3) is 0 Å². The minimum absolute atomic E-state index is 0.0817. The topological polar surface area (TPSA) is 78.9 Å². The molecule has 0 aromatic rings. The van der Waals surface area contributed by atoms with Crippen LogP contribution in [0.3, 0.4) is 0 Å². The lowest BCUT2D eigenvalue weighted by Gasteiger charge is -2.18. The molecule has 0 bridgehead atoms. The summed E-state index contributed by atoms with van der Waals surface area (Å²) in [5.41, 5.74) is 0. The van der Waals surface area contributed by atoms with Crippen LogP contribution >= 0.6 is 0 Å². The molecule has 1 unspecified atom stereocenters. The van der Waals surface area contributed by atoms with Gasteiger partial charge in [0.15, 0.2) is 6.10 Å². The minimum Gasteiger partial charge on any atom is -0.462 e. The number of esters is 3. The van der Waals surface area contributed by atoms with Gasteiger partial charge in [0.2, 0.25) is 0 Å². The summed E-state index contributed by atoms with van der Waals surface area (Å²) in [6.07, 6.45) is 94.4. The Morgan fingerprint density at radius 2 is 0.500 bits per heavy atom. The lowest BCUT2D eigenvalue weighted by Crippen LogP contribution is -2.30. The zero-order valence-electron chi connectivity index (χ0n) is 54.2. The van der Waals surface area contributed by atoms with E-state index in [9.17, 15) is 14.4 Å². The van der Waals surface area contributed by atoms with Crippen LogP contribution in [-0.2, 0) is 28.6 Å². The molecule has 0 rings (SSSR count). The average molecular weight is 1140 g/mol. The van der Waals surface area contributed by atoms with E-state index in [1.807, 2.05) is 0 Å². The quantitative estimate of drug-likeness (QED) is 0.0261. The third-order valence-corrected chi connectivity index (χ3v) is 15.3. The first-order valence-electron chi connectivity index (χ1n) is 35.2. The molecule has 6 nitrogen and oxygen atoms in total. The van der Waals surface area contributed by atoms with Crippen LogP contribution in [0.15, 0.2) is 97.2 Å². The van der Waals surface area contributed by atoms with Crippen molar-refractivity contribution < 1.29 is 28.6 Å². The van der Waals surface area contributed by atoms with Gasteiger partial charge in [0.25, 0.3) is 0 Å². The lowest BCUT2D eigenvalue weighted by molar-refractivity contribution is -0.167. The molecule has 0 saturated carbocycles. The maximum absolute atomic E-state index is 12.9. The molecule has 0 aliphatic carbocycles. The van der Waals surface area contributed by atoms with Gasteiger partial charge in [0.05, 0.1) is 0 Å². The minimum atomic E-state index is -0.787.